The fourth-order valence-electron chi connectivity index (χ4n) is 2.19. The number of hydrogen-bond donors (Lipinski definition) is 0. The van der Waals surface area contributed by atoms with E-state index in [4.69, 9.17) is 0 Å². The Morgan fingerprint density at radius 2 is 2.09 bits per heavy atom. The number of rotatable bonds is 4. The van der Waals surface area contributed by atoms with Crippen LogP contribution in [0, 0.1) is 17.0 Å². The number of thiazole rings is 1. The van der Waals surface area contributed by atoms with E-state index in [0.717, 1.165) is 27.4 Å². The molecule has 0 spiro atoms. The number of benzene rings is 1. The van der Waals surface area contributed by atoms with Crippen molar-refractivity contribution in [2.45, 2.75) is 13.5 Å². The van der Waals surface area contributed by atoms with Crippen LogP contribution in [-0.4, -0.2) is 21.9 Å². The topological polar surface area (TPSA) is 72.2 Å². The van der Waals surface area contributed by atoms with Crippen LogP contribution < -0.4 is 4.90 Å². The number of nitro benzene ring substituents is 1. The standard InChI is InChI=1S/C15H14N4O2S/c1-10-9-22-15(16-10)8-18(2)14-6-3-11-7-12(19(20)21)4-5-13(11)17-14/h3-7,9H,8H2,1-2H3. The SMILES string of the molecule is Cc1csc(CN(C)c2ccc3cc([N+](=O)[O-])ccc3n2)n1. The molecular weight excluding hydrogens is 300 g/mol. The number of nitrogens with zero attached hydrogens (tertiary/aromatic N) is 4. The monoisotopic (exact) mass is 314 g/mol. The first-order chi connectivity index (χ1) is 10.5. The summed E-state index contributed by atoms with van der Waals surface area (Å²) in [6.07, 6.45) is 0. The van der Waals surface area contributed by atoms with Crippen LogP contribution in [-0.2, 0) is 6.54 Å². The van der Waals surface area contributed by atoms with Crippen LogP contribution in [0.5, 0.6) is 0 Å². The second-order valence-electron chi connectivity index (χ2n) is 5.04. The quantitative estimate of drug-likeness (QED) is 0.544. The second-order valence-corrected chi connectivity index (χ2v) is 5.98. The number of anilines is 1. The van der Waals surface area contributed by atoms with Crippen LogP contribution in [0.1, 0.15) is 10.7 Å². The third kappa shape index (κ3) is 2.89. The third-order valence-corrected chi connectivity index (χ3v) is 4.25. The first kappa shape index (κ1) is 14.4. The lowest BCUT2D eigenvalue weighted by atomic mass is 10.2. The Hall–Kier alpha value is -2.54. The lowest BCUT2D eigenvalue weighted by Gasteiger charge is -2.17. The van der Waals surface area contributed by atoms with Crippen LogP contribution in [0.2, 0.25) is 0 Å². The molecule has 0 amide bonds. The average Bonchev–Trinajstić information content (AvgIpc) is 2.91. The molecule has 2 aromatic heterocycles. The summed E-state index contributed by atoms with van der Waals surface area (Å²) in [6.45, 7) is 2.66. The highest BCUT2D eigenvalue weighted by Gasteiger charge is 2.10. The van der Waals surface area contributed by atoms with Crippen molar-refractivity contribution in [3.05, 3.63) is 56.5 Å². The predicted molar refractivity (Wildman–Crippen MR) is 87.4 cm³/mol. The Labute approximate surface area is 131 Å². The fraction of sp³-hybridized carbons (Fsp3) is 0.200. The summed E-state index contributed by atoms with van der Waals surface area (Å²) in [5.74, 6) is 0.814. The van der Waals surface area contributed by atoms with Gasteiger partial charge in [-0.25, -0.2) is 9.97 Å². The van der Waals surface area contributed by atoms with Gasteiger partial charge in [0.25, 0.3) is 5.69 Å². The first-order valence-corrected chi connectivity index (χ1v) is 7.58. The minimum atomic E-state index is -0.399. The van der Waals surface area contributed by atoms with E-state index in [0.29, 0.717) is 6.54 Å². The number of fused-ring (bicyclic) bond motifs is 1. The van der Waals surface area contributed by atoms with Crippen molar-refractivity contribution in [1.29, 1.82) is 0 Å². The molecule has 0 radical (unpaired) electrons. The summed E-state index contributed by atoms with van der Waals surface area (Å²) in [5, 5.41) is 14.6. The van der Waals surface area contributed by atoms with Crippen molar-refractivity contribution < 1.29 is 4.92 Å². The highest BCUT2D eigenvalue weighted by atomic mass is 32.1. The van der Waals surface area contributed by atoms with Gasteiger partial charge in [0, 0.05) is 35.6 Å². The molecule has 7 heteroatoms. The van der Waals surface area contributed by atoms with Crippen LogP contribution in [0.3, 0.4) is 0 Å². The zero-order chi connectivity index (χ0) is 15.7. The minimum Gasteiger partial charge on any atom is -0.353 e. The molecule has 22 heavy (non-hydrogen) atoms. The molecule has 2 heterocycles. The van der Waals surface area contributed by atoms with Crippen molar-refractivity contribution in [3.63, 3.8) is 0 Å². The van der Waals surface area contributed by atoms with Gasteiger partial charge in [-0.3, -0.25) is 10.1 Å². The van der Waals surface area contributed by atoms with Gasteiger partial charge in [-0.05, 0) is 25.1 Å². The van der Waals surface area contributed by atoms with Crippen LogP contribution in [0.25, 0.3) is 10.9 Å². The molecule has 0 bridgehead atoms. The molecule has 112 valence electrons. The summed E-state index contributed by atoms with van der Waals surface area (Å²) in [5.41, 5.74) is 1.84. The maximum absolute atomic E-state index is 10.8. The van der Waals surface area contributed by atoms with Crippen molar-refractivity contribution in [2.75, 3.05) is 11.9 Å². The van der Waals surface area contributed by atoms with Gasteiger partial charge in [-0.1, -0.05) is 0 Å². The largest absolute Gasteiger partial charge is 0.353 e. The number of aromatic nitrogens is 2. The molecular formula is C15H14N4O2S. The van der Waals surface area contributed by atoms with E-state index in [1.165, 1.54) is 12.1 Å². The maximum atomic E-state index is 10.8. The van der Waals surface area contributed by atoms with Crippen molar-refractivity contribution >= 4 is 33.7 Å². The number of hydrogen-bond acceptors (Lipinski definition) is 6. The highest BCUT2D eigenvalue weighted by molar-refractivity contribution is 7.09. The van der Waals surface area contributed by atoms with E-state index in [-0.39, 0.29) is 5.69 Å². The molecule has 0 aliphatic rings. The molecule has 0 saturated heterocycles. The van der Waals surface area contributed by atoms with Gasteiger partial charge in [0.15, 0.2) is 0 Å². The number of non-ortho nitro benzene ring substituents is 1. The summed E-state index contributed by atoms with van der Waals surface area (Å²) in [4.78, 5) is 21.4. The Morgan fingerprint density at radius 1 is 1.27 bits per heavy atom. The number of aryl methyl sites for hydroxylation is 1. The molecule has 0 aliphatic carbocycles. The smallest absolute Gasteiger partial charge is 0.270 e. The van der Waals surface area contributed by atoms with Gasteiger partial charge in [-0.15, -0.1) is 11.3 Å². The molecule has 0 N–H and O–H groups in total. The highest BCUT2D eigenvalue weighted by Crippen LogP contribution is 2.23. The zero-order valence-corrected chi connectivity index (χ0v) is 13.0. The summed E-state index contributed by atoms with van der Waals surface area (Å²) in [7, 11) is 1.95. The normalized spacial score (nSPS) is 10.8. The van der Waals surface area contributed by atoms with E-state index < -0.39 is 4.92 Å². The fourth-order valence-corrected chi connectivity index (χ4v) is 3.01. The minimum absolute atomic E-state index is 0.0775. The second kappa shape index (κ2) is 5.69. The lowest BCUT2D eigenvalue weighted by molar-refractivity contribution is -0.384. The van der Waals surface area contributed by atoms with Crippen molar-refractivity contribution in [1.82, 2.24) is 9.97 Å². The Kier molecular flexibility index (Phi) is 3.72. The molecule has 1 aromatic carbocycles. The lowest BCUT2D eigenvalue weighted by Crippen LogP contribution is -2.17. The number of nitro groups is 1. The van der Waals surface area contributed by atoms with Gasteiger partial charge >= 0.3 is 0 Å². The van der Waals surface area contributed by atoms with Crippen LogP contribution >= 0.6 is 11.3 Å². The van der Waals surface area contributed by atoms with E-state index >= 15 is 0 Å². The van der Waals surface area contributed by atoms with Gasteiger partial charge in [-0.2, -0.15) is 0 Å². The summed E-state index contributed by atoms with van der Waals surface area (Å²) < 4.78 is 0. The Balaban J connectivity index is 1.87. The van der Waals surface area contributed by atoms with Gasteiger partial charge < -0.3 is 4.90 Å². The molecule has 0 saturated carbocycles. The van der Waals surface area contributed by atoms with Gasteiger partial charge in [0.05, 0.1) is 17.0 Å². The molecule has 3 rings (SSSR count). The van der Waals surface area contributed by atoms with E-state index in [1.807, 2.05) is 36.4 Å². The molecule has 3 aromatic rings. The van der Waals surface area contributed by atoms with Crippen LogP contribution in [0.4, 0.5) is 11.5 Å². The van der Waals surface area contributed by atoms with Crippen molar-refractivity contribution in [3.8, 4) is 0 Å². The molecule has 0 fully saturated rings. The zero-order valence-electron chi connectivity index (χ0n) is 12.2. The molecule has 6 nitrogen and oxygen atoms in total. The summed E-state index contributed by atoms with van der Waals surface area (Å²) >= 11 is 1.63. The molecule has 0 aliphatic heterocycles. The number of pyridine rings is 1. The maximum Gasteiger partial charge on any atom is 0.270 e. The predicted octanol–water partition coefficient (Wildman–Crippen LogP) is 3.54. The van der Waals surface area contributed by atoms with Gasteiger partial charge in [0.1, 0.15) is 10.8 Å². The van der Waals surface area contributed by atoms with Crippen molar-refractivity contribution in [2.24, 2.45) is 0 Å². The Morgan fingerprint density at radius 3 is 2.77 bits per heavy atom. The average molecular weight is 314 g/mol. The molecule has 0 atom stereocenters. The van der Waals surface area contributed by atoms with Gasteiger partial charge in [0.2, 0.25) is 0 Å². The van der Waals surface area contributed by atoms with E-state index in [2.05, 4.69) is 9.97 Å². The Bertz CT molecular complexity index is 846. The third-order valence-electron chi connectivity index (χ3n) is 3.30. The van der Waals surface area contributed by atoms with Crippen LogP contribution in [0.15, 0.2) is 35.7 Å². The summed E-state index contributed by atoms with van der Waals surface area (Å²) in [6, 6.07) is 8.42. The van der Waals surface area contributed by atoms with E-state index in [1.54, 1.807) is 17.4 Å². The molecule has 0 unspecified atom stereocenters. The van der Waals surface area contributed by atoms with E-state index in [9.17, 15) is 10.1 Å². The first-order valence-electron chi connectivity index (χ1n) is 6.70.